The van der Waals surface area contributed by atoms with E-state index in [0.717, 1.165) is 12.1 Å². The van der Waals surface area contributed by atoms with Gasteiger partial charge in [-0.3, -0.25) is 0 Å². The summed E-state index contributed by atoms with van der Waals surface area (Å²) >= 11 is 0. The van der Waals surface area contributed by atoms with E-state index in [0.29, 0.717) is 0 Å². The summed E-state index contributed by atoms with van der Waals surface area (Å²) in [6.45, 7) is 0. The predicted octanol–water partition coefficient (Wildman–Crippen LogP) is 3.38. The van der Waals surface area contributed by atoms with Crippen molar-refractivity contribution in [1.29, 1.82) is 0 Å². The summed E-state index contributed by atoms with van der Waals surface area (Å²) < 4.78 is 0. The molecule has 0 fully saturated rings. The van der Waals surface area contributed by atoms with Crippen molar-refractivity contribution in [2.24, 2.45) is 5.92 Å². The summed E-state index contributed by atoms with van der Waals surface area (Å²) in [4.78, 5) is 11.5. The highest BCUT2D eigenvalue weighted by atomic mass is 16.4. The lowest BCUT2D eigenvalue weighted by molar-refractivity contribution is -0.139. The number of fused-ring (bicyclic) bond motifs is 5. The predicted molar refractivity (Wildman–Crippen MR) is 79.0 cm³/mol. The van der Waals surface area contributed by atoms with Crippen LogP contribution in [-0.4, -0.2) is 17.1 Å². The highest BCUT2D eigenvalue weighted by molar-refractivity contribution is 5.93. The van der Waals surface area contributed by atoms with Crippen LogP contribution in [0.4, 0.5) is 5.69 Å². The first kappa shape index (κ1) is 11.5. The molecule has 2 aliphatic rings. The third-order valence-electron chi connectivity index (χ3n) is 4.52. The van der Waals surface area contributed by atoms with Crippen LogP contribution < -0.4 is 5.32 Å². The van der Waals surface area contributed by atoms with Crippen molar-refractivity contribution in [1.82, 2.24) is 0 Å². The normalized spacial score (nSPS) is 26.9. The Hall–Kier alpha value is -2.29. The number of nitrogens with one attached hydrogen (secondary N) is 1. The molecule has 2 N–H and O–H groups in total. The zero-order valence-electron chi connectivity index (χ0n) is 10.9. The van der Waals surface area contributed by atoms with Crippen molar-refractivity contribution in [3.63, 3.8) is 0 Å². The first-order valence-electron chi connectivity index (χ1n) is 6.93. The van der Waals surface area contributed by atoms with Gasteiger partial charge >= 0.3 is 5.97 Å². The van der Waals surface area contributed by atoms with Gasteiger partial charge in [0, 0.05) is 17.5 Å². The summed E-state index contributed by atoms with van der Waals surface area (Å²) in [6, 6.07) is 11.9. The smallest absolute Gasteiger partial charge is 0.326 e. The minimum absolute atomic E-state index is 0.116. The molecule has 0 unspecified atom stereocenters. The zero-order valence-corrected chi connectivity index (χ0v) is 10.9. The Kier molecular flexibility index (Phi) is 2.36. The van der Waals surface area contributed by atoms with Crippen molar-refractivity contribution in [3.05, 3.63) is 54.1 Å². The van der Waals surface area contributed by atoms with Gasteiger partial charge in [0.25, 0.3) is 0 Å². The van der Waals surface area contributed by atoms with Crippen LogP contribution in [0.5, 0.6) is 0 Å². The first-order valence-corrected chi connectivity index (χ1v) is 6.93. The van der Waals surface area contributed by atoms with Gasteiger partial charge < -0.3 is 10.4 Å². The fourth-order valence-corrected chi connectivity index (χ4v) is 3.63. The van der Waals surface area contributed by atoms with Gasteiger partial charge in [-0.2, -0.15) is 0 Å². The van der Waals surface area contributed by atoms with E-state index in [1.807, 2.05) is 18.2 Å². The van der Waals surface area contributed by atoms with E-state index in [1.165, 1.54) is 16.3 Å². The Morgan fingerprint density at radius 2 is 2.05 bits per heavy atom. The SMILES string of the molecule is O=C(O)[C@H]1Nc2ccc3ccccc3c2[C@@H]2C=CC[C@@H]12. The largest absolute Gasteiger partial charge is 0.480 e. The number of carboxylic acids is 1. The fourth-order valence-electron chi connectivity index (χ4n) is 3.63. The molecule has 0 bridgehead atoms. The molecule has 0 spiro atoms. The summed E-state index contributed by atoms with van der Waals surface area (Å²) in [7, 11) is 0. The average molecular weight is 265 g/mol. The van der Waals surface area contributed by atoms with Gasteiger partial charge in [-0.05, 0) is 28.8 Å². The van der Waals surface area contributed by atoms with Gasteiger partial charge in [-0.1, -0.05) is 42.5 Å². The van der Waals surface area contributed by atoms with Gasteiger partial charge in [0.15, 0.2) is 0 Å². The van der Waals surface area contributed by atoms with Crippen molar-refractivity contribution in [3.8, 4) is 0 Å². The quantitative estimate of drug-likeness (QED) is 0.777. The van der Waals surface area contributed by atoms with Crippen LogP contribution >= 0.6 is 0 Å². The van der Waals surface area contributed by atoms with Crippen LogP contribution in [-0.2, 0) is 4.79 Å². The molecule has 2 aromatic carbocycles. The van der Waals surface area contributed by atoms with Crippen LogP contribution in [0.1, 0.15) is 17.9 Å². The molecule has 0 aromatic heterocycles. The van der Waals surface area contributed by atoms with Crippen molar-refractivity contribution >= 4 is 22.4 Å². The van der Waals surface area contributed by atoms with E-state index < -0.39 is 12.0 Å². The van der Waals surface area contributed by atoms with Crippen molar-refractivity contribution in [2.75, 3.05) is 5.32 Å². The first-order chi connectivity index (χ1) is 9.75. The molecule has 0 saturated carbocycles. The van der Waals surface area contributed by atoms with Gasteiger partial charge in [-0.15, -0.1) is 0 Å². The number of carboxylic acid groups (broad SMARTS) is 1. The third kappa shape index (κ3) is 1.49. The van der Waals surface area contributed by atoms with Crippen molar-refractivity contribution < 1.29 is 9.90 Å². The molecule has 20 heavy (non-hydrogen) atoms. The second kappa shape index (κ2) is 4.10. The third-order valence-corrected chi connectivity index (χ3v) is 4.52. The molecule has 0 saturated heterocycles. The molecule has 3 heteroatoms. The molecule has 1 aliphatic heterocycles. The maximum absolute atomic E-state index is 11.5. The Bertz CT molecular complexity index is 735. The summed E-state index contributed by atoms with van der Waals surface area (Å²) in [5.41, 5.74) is 2.21. The van der Waals surface area contributed by atoms with Crippen LogP contribution in [0, 0.1) is 5.92 Å². The van der Waals surface area contributed by atoms with Gasteiger partial charge in [0.05, 0.1) is 0 Å². The lowest BCUT2D eigenvalue weighted by Gasteiger charge is -2.35. The lowest BCUT2D eigenvalue weighted by atomic mass is 9.77. The number of allylic oxidation sites excluding steroid dienone is 2. The van der Waals surface area contributed by atoms with Crippen LogP contribution in [0.15, 0.2) is 48.6 Å². The van der Waals surface area contributed by atoms with E-state index in [4.69, 9.17) is 0 Å². The topological polar surface area (TPSA) is 49.3 Å². The number of benzene rings is 2. The van der Waals surface area contributed by atoms with Crippen LogP contribution in [0.2, 0.25) is 0 Å². The van der Waals surface area contributed by atoms with Gasteiger partial charge in [0.1, 0.15) is 6.04 Å². The lowest BCUT2D eigenvalue weighted by Crippen LogP contribution is -2.41. The fraction of sp³-hybridized carbons (Fsp3) is 0.235. The summed E-state index contributed by atoms with van der Waals surface area (Å²) in [5, 5.41) is 15.1. The zero-order chi connectivity index (χ0) is 13.7. The monoisotopic (exact) mass is 265 g/mol. The highest BCUT2D eigenvalue weighted by Gasteiger charge is 2.41. The standard InChI is InChI=1S/C17H15NO2/c19-17(20)16-13-7-3-6-12(13)15-11-5-2-1-4-10(11)8-9-14(15)18-16/h1-6,8-9,12-13,16,18H,7H2,(H,19,20)/t12-,13-,16+/m1/s1. The second-order valence-electron chi connectivity index (χ2n) is 5.56. The minimum atomic E-state index is -0.762. The molecule has 0 radical (unpaired) electrons. The number of hydrogen-bond acceptors (Lipinski definition) is 2. The Labute approximate surface area is 116 Å². The Morgan fingerprint density at radius 1 is 1.20 bits per heavy atom. The van der Waals surface area contributed by atoms with E-state index in [-0.39, 0.29) is 11.8 Å². The number of anilines is 1. The highest BCUT2D eigenvalue weighted by Crippen LogP contribution is 2.47. The van der Waals surface area contributed by atoms with Crippen LogP contribution in [0.25, 0.3) is 10.8 Å². The number of hydrogen-bond donors (Lipinski definition) is 2. The minimum Gasteiger partial charge on any atom is -0.480 e. The number of rotatable bonds is 1. The van der Waals surface area contributed by atoms with Crippen molar-refractivity contribution in [2.45, 2.75) is 18.4 Å². The van der Waals surface area contributed by atoms with Gasteiger partial charge in [0.2, 0.25) is 0 Å². The molecule has 4 rings (SSSR count). The molecule has 3 nitrogen and oxygen atoms in total. The maximum Gasteiger partial charge on any atom is 0.326 e. The summed E-state index contributed by atoms with van der Waals surface area (Å²) in [5.74, 6) is -0.438. The average Bonchev–Trinajstić information content (AvgIpc) is 2.94. The maximum atomic E-state index is 11.5. The van der Waals surface area contributed by atoms with E-state index in [2.05, 4.69) is 35.7 Å². The Balaban J connectivity index is 1.97. The molecular weight excluding hydrogens is 250 g/mol. The van der Waals surface area contributed by atoms with E-state index in [9.17, 15) is 9.90 Å². The Morgan fingerprint density at radius 3 is 2.90 bits per heavy atom. The van der Waals surface area contributed by atoms with E-state index >= 15 is 0 Å². The molecule has 0 amide bonds. The van der Waals surface area contributed by atoms with E-state index in [1.54, 1.807) is 0 Å². The molecule has 100 valence electrons. The second-order valence-corrected chi connectivity index (χ2v) is 5.56. The van der Waals surface area contributed by atoms with Gasteiger partial charge in [-0.25, -0.2) is 4.79 Å². The number of aliphatic carboxylic acids is 1. The molecule has 1 heterocycles. The molecule has 3 atom stereocenters. The van der Waals surface area contributed by atoms with Crippen LogP contribution in [0.3, 0.4) is 0 Å². The number of carbonyl (C=O) groups is 1. The summed E-state index contributed by atoms with van der Waals surface area (Å²) in [6.07, 6.45) is 5.12. The molecular formula is C17H15NO2. The molecule has 1 aliphatic carbocycles. The molecule has 2 aromatic rings.